The lowest BCUT2D eigenvalue weighted by Crippen LogP contribution is -2.19. The molecule has 7 heteroatoms. The van der Waals surface area contributed by atoms with Crippen LogP contribution in [0, 0.1) is 0 Å². The number of aromatic nitrogens is 4. The van der Waals surface area contributed by atoms with Gasteiger partial charge in [-0.05, 0) is 51.9 Å². The Morgan fingerprint density at radius 2 is 1.77 bits per heavy atom. The maximum Gasteiger partial charge on any atom is 0.337 e. The van der Waals surface area contributed by atoms with Gasteiger partial charge in [-0.1, -0.05) is 44.5 Å². The largest absolute Gasteiger partial charge is 0.465 e. The first-order chi connectivity index (χ1) is 12.3. The Morgan fingerprint density at radius 1 is 1.08 bits per heavy atom. The van der Waals surface area contributed by atoms with Crippen molar-refractivity contribution < 1.29 is 9.53 Å². The number of methoxy groups -OCH3 is 1. The summed E-state index contributed by atoms with van der Waals surface area (Å²) in [6.45, 7) is 6.08. The minimum absolute atomic E-state index is 0.259. The molecule has 0 bridgehead atoms. The molecule has 134 valence electrons. The van der Waals surface area contributed by atoms with E-state index in [1.54, 1.807) is 28.9 Å². The van der Waals surface area contributed by atoms with E-state index in [4.69, 9.17) is 16.3 Å². The molecule has 0 spiro atoms. The third-order valence-corrected chi connectivity index (χ3v) is 4.15. The number of ether oxygens (including phenoxy) is 1. The lowest BCUT2D eigenvalue weighted by Gasteiger charge is -2.18. The van der Waals surface area contributed by atoms with E-state index in [2.05, 4.69) is 15.5 Å². The quantitative estimate of drug-likeness (QED) is 0.650. The van der Waals surface area contributed by atoms with Gasteiger partial charge < -0.3 is 4.74 Å². The van der Waals surface area contributed by atoms with Crippen LogP contribution in [0.5, 0.6) is 0 Å². The van der Waals surface area contributed by atoms with E-state index in [1.807, 2.05) is 39.0 Å². The zero-order valence-electron chi connectivity index (χ0n) is 15.0. The molecule has 3 rings (SSSR count). The molecule has 0 atom stereocenters. The van der Waals surface area contributed by atoms with Gasteiger partial charge in [0.2, 0.25) is 0 Å². The Balaban J connectivity index is 2.20. The van der Waals surface area contributed by atoms with Crippen molar-refractivity contribution in [3.8, 4) is 16.8 Å². The zero-order chi connectivity index (χ0) is 18.9. The van der Waals surface area contributed by atoms with Crippen LogP contribution in [0.1, 0.15) is 37.0 Å². The van der Waals surface area contributed by atoms with Gasteiger partial charge in [0.25, 0.3) is 0 Å². The summed E-state index contributed by atoms with van der Waals surface area (Å²) in [6, 6.07) is 12.8. The molecule has 1 heterocycles. The average Bonchev–Trinajstić information content (AvgIpc) is 3.11. The molecule has 26 heavy (non-hydrogen) atoms. The first-order valence-electron chi connectivity index (χ1n) is 8.08. The van der Waals surface area contributed by atoms with Crippen LogP contribution in [0.3, 0.4) is 0 Å². The van der Waals surface area contributed by atoms with E-state index in [1.165, 1.54) is 7.11 Å². The van der Waals surface area contributed by atoms with Crippen molar-refractivity contribution >= 4 is 17.6 Å². The first kappa shape index (κ1) is 18.1. The Bertz CT molecular complexity index is 943. The number of rotatable bonds is 3. The van der Waals surface area contributed by atoms with E-state index in [9.17, 15) is 4.79 Å². The predicted octanol–water partition coefficient (Wildman–Crippen LogP) is 4.07. The maximum absolute atomic E-state index is 12.2. The van der Waals surface area contributed by atoms with Gasteiger partial charge in [-0.15, -0.1) is 5.10 Å². The Hall–Kier alpha value is -2.73. The van der Waals surface area contributed by atoms with E-state index >= 15 is 0 Å². The molecule has 0 saturated carbocycles. The summed E-state index contributed by atoms with van der Waals surface area (Å²) in [6.07, 6.45) is 0. The fraction of sp³-hybridized carbons (Fsp3) is 0.263. The van der Waals surface area contributed by atoms with Crippen molar-refractivity contribution in [3.63, 3.8) is 0 Å². The standard InChI is InChI=1S/C19H19ClN4O2/c1-19(2,3)18-21-22-23-24(18)16-10-13(9-14(11-16)17(25)26-4)12-5-7-15(20)8-6-12/h5-11H,1-4H3. The number of benzene rings is 2. The maximum atomic E-state index is 12.2. The van der Waals surface area contributed by atoms with E-state index < -0.39 is 5.97 Å². The molecule has 0 aliphatic carbocycles. The van der Waals surface area contributed by atoms with Gasteiger partial charge in [0.05, 0.1) is 18.4 Å². The number of carbonyl (C=O) groups is 1. The predicted molar refractivity (Wildman–Crippen MR) is 99.6 cm³/mol. The summed E-state index contributed by atoms with van der Waals surface area (Å²) < 4.78 is 6.54. The molecule has 2 aromatic carbocycles. The first-order valence-corrected chi connectivity index (χ1v) is 8.46. The van der Waals surface area contributed by atoms with Gasteiger partial charge in [0.1, 0.15) is 0 Å². The molecule has 0 unspecified atom stereocenters. The lowest BCUT2D eigenvalue weighted by atomic mass is 9.95. The summed E-state index contributed by atoms with van der Waals surface area (Å²) in [5.41, 5.74) is 2.62. The van der Waals surface area contributed by atoms with Crippen molar-refractivity contribution in [2.45, 2.75) is 26.2 Å². The fourth-order valence-corrected chi connectivity index (χ4v) is 2.73. The summed E-state index contributed by atoms with van der Waals surface area (Å²) in [5.74, 6) is 0.272. The Morgan fingerprint density at radius 3 is 2.38 bits per heavy atom. The van der Waals surface area contributed by atoms with Crippen LogP contribution < -0.4 is 0 Å². The zero-order valence-corrected chi connectivity index (χ0v) is 15.8. The molecular weight excluding hydrogens is 352 g/mol. The number of hydrogen-bond acceptors (Lipinski definition) is 5. The van der Waals surface area contributed by atoms with E-state index in [0.29, 0.717) is 22.1 Å². The Kier molecular flexibility index (Phi) is 4.78. The number of tetrazole rings is 1. The van der Waals surface area contributed by atoms with Crippen LogP contribution >= 0.6 is 11.6 Å². The summed E-state index contributed by atoms with van der Waals surface area (Å²) in [5, 5.41) is 12.7. The summed E-state index contributed by atoms with van der Waals surface area (Å²) >= 11 is 5.98. The SMILES string of the molecule is COC(=O)c1cc(-c2ccc(Cl)cc2)cc(-n2nnnc2C(C)(C)C)c1. The molecular formula is C19H19ClN4O2. The van der Waals surface area contributed by atoms with Gasteiger partial charge in [-0.25, -0.2) is 4.79 Å². The van der Waals surface area contributed by atoms with Gasteiger partial charge in [-0.2, -0.15) is 4.68 Å². The molecule has 0 N–H and O–H groups in total. The number of carbonyl (C=O) groups excluding carboxylic acids is 1. The molecule has 3 aromatic rings. The second kappa shape index (κ2) is 6.88. The highest BCUT2D eigenvalue weighted by molar-refractivity contribution is 6.30. The number of halogens is 1. The van der Waals surface area contributed by atoms with Crippen molar-refractivity contribution in [2.24, 2.45) is 0 Å². The highest BCUT2D eigenvalue weighted by Gasteiger charge is 2.23. The third-order valence-electron chi connectivity index (χ3n) is 3.90. The molecule has 0 amide bonds. The molecule has 6 nitrogen and oxygen atoms in total. The topological polar surface area (TPSA) is 69.9 Å². The highest BCUT2D eigenvalue weighted by Crippen LogP contribution is 2.28. The van der Waals surface area contributed by atoms with Crippen LogP contribution in [0.2, 0.25) is 5.02 Å². The molecule has 0 fully saturated rings. The van der Waals surface area contributed by atoms with E-state index in [0.717, 1.165) is 11.1 Å². The average molecular weight is 371 g/mol. The minimum atomic E-state index is -0.424. The van der Waals surface area contributed by atoms with Crippen molar-refractivity contribution in [2.75, 3.05) is 7.11 Å². The molecule has 0 radical (unpaired) electrons. The number of nitrogens with zero attached hydrogens (tertiary/aromatic N) is 4. The summed E-state index contributed by atoms with van der Waals surface area (Å²) in [7, 11) is 1.36. The highest BCUT2D eigenvalue weighted by atomic mass is 35.5. The lowest BCUT2D eigenvalue weighted by molar-refractivity contribution is 0.0600. The van der Waals surface area contributed by atoms with Crippen molar-refractivity contribution in [1.82, 2.24) is 20.2 Å². The number of esters is 1. The molecule has 0 aliphatic rings. The monoisotopic (exact) mass is 370 g/mol. The van der Waals surface area contributed by atoms with Gasteiger partial charge in [0.15, 0.2) is 5.82 Å². The van der Waals surface area contributed by atoms with Crippen LogP contribution in [0.15, 0.2) is 42.5 Å². The second-order valence-electron chi connectivity index (χ2n) is 6.93. The second-order valence-corrected chi connectivity index (χ2v) is 7.37. The van der Waals surface area contributed by atoms with Gasteiger partial charge in [0, 0.05) is 10.4 Å². The van der Waals surface area contributed by atoms with Gasteiger partial charge >= 0.3 is 5.97 Å². The Labute approximate surface area is 156 Å². The van der Waals surface area contributed by atoms with Gasteiger partial charge in [-0.3, -0.25) is 0 Å². The fourth-order valence-electron chi connectivity index (χ4n) is 2.61. The van der Waals surface area contributed by atoms with Crippen LogP contribution in [0.25, 0.3) is 16.8 Å². The van der Waals surface area contributed by atoms with E-state index in [-0.39, 0.29) is 5.41 Å². The smallest absolute Gasteiger partial charge is 0.337 e. The minimum Gasteiger partial charge on any atom is -0.465 e. The molecule has 0 saturated heterocycles. The molecule has 1 aromatic heterocycles. The third kappa shape index (κ3) is 3.60. The normalized spacial score (nSPS) is 11.4. The number of hydrogen-bond donors (Lipinski definition) is 0. The van der Waals surface area contributed by atoms with Crippen LogP contribution in [-0.2, 0) is 10.2 Å². The summed E-state index contributed by atoms with van der Waals surface area (Å²) in [4.78, 5) is 12.2. The van der Waals surface area contributed by atoms with Crippen molar-refractivity contribution in [3.05, 3.63) is 58.9 Å². The molecule has 0 aliphatic heterocycles. The van der Waals surface area contributed by atoms with Crippen molar-refractivity contribution in [1.29, 1.82) is 0 Å². The van der Waals surface area contributed by atoms with Crippen LogP contribution in [-0.4, -0.2) is 33.3 Å². The van der Waals surface area contributed by atoms with Crippen LogP contribution in [0.4, 0.5) is 0 Å².